The predicted octanol–water partition coefficient (Wildman–Crippen LogP) is 4.41. The number of methoxy groups -OCH3 is 1. The molecule has 0 spiro atoms. The number of halogens is 1. The number of aryl methyl sites for hydroxylation is 2. The Kier molecular flexibility index (Phi) is 6.06. The summed E-state index contributed by atoms with van der Waals surface area (Å²) in [6.07, 6.45) is 1.66. The number of rotatable bonds is 4. The van der Waals surface area contributed by atoms with Gasteiger partial charge in [0.15, 0.2) is 0 Å². The molecule has 5 nitrogen and oxygen atoms in total. The van der Waals surface area contributed by atoms with E-state index in [0.717, 1.165) is 48.5 Å². The highest BCUT2D eigenvalue weighted by molar-refractivity contribution is 7.97. The molecular formula is C19H22ClN3O2S. The Morgan fingerprint density at radius 3 is 2.42 bits per heavy atom. The van der Waals surface area contributed by atoms with Crippen molar-refractivity contribution in [3.8, 4) is 0 Å². The summed E-state index contributed by atoms with van der Waals surface area (Å²) in [4.78, 5) is 13.6. The van der Waals surface area contributed by atoms with Crippen LogP contribution in [0.3, 0.4) is 0 Å². The van der Waals surface area contributed by atoms with E-state index in [9.17, 15) is 4.79 Å². The van der Waals surface area contributed by atoms with Gasteiger partial charge in [-0.05, 0) is 56.3 Å². The molecule has 7 heteroatoms. The maximum Gasteiger partial charge on any atom is 0.338 e. The Labute approximate surface area is 162 Å². The fourth-order valence-corrected chi connectivity index (χ4v) is 4.20. The first-order chi connectivity index (χ1) is 12.5. The topological polar surface area (TPSA) is 58.2 Å². The second-order valence-corrected chi connectivity index (χ2v) is 7.80. The first kappa shape index (κ1) is 19.0. The number of ether oxygens (including phenoxy) is 1. The molecule has 2 aromatic rings. The monoisotopic (exact) mass is 391 g/mol. The first-order valence-corrected chi connectivity index (χ1v) is 9.65. The van der Waals surface area contributed by atoms with Crippen LogP contribution in [0.25, 0.3) is 5.57 Å². The number of esters is 1. The SMILES string of the molecule is COC(=O)C(=C1CCN(Sc2c(C)n[nH]c2C)CC1)c1ccc(Cl)cc1. The van der Waals surface area contributed by atoms with Crippen molar-refractivity contribution in [3.63, 3.8) is 0 Å². The maximum absolute atomic E-state index is 12.4. The van der Waals surface area contributed by atoms with Crippen LogP contribution in [-0.2, 0) is 9.53 Å². The summed E-state index contributed by atoms with van der Waals surface area (Å²) < 4.78 is 7.36. The van der Waals surface area contributed by atoms with Crippen molar-refractivity contribution < 1.29 is 9.53 Å². The van der Waals surface area contributed by atoms with Crippen LogP contribution in [0.5, 0.6) is 0 Å². The van der Waals surface area contributed by atoms with Gasteiger partial charge in [-0.1, -0.05) is 29.3 Å². The van der Waals surface area contributed by atoms with Crippen LogP contribution in [-0.4, -0.2) is 40.7 Å². The lowest BCUT2D eigenvalue weighted by molar-refractivity contribution is -0.133. The minimum absolute atomic E-state index is 0.287. The molecule has 1 aromatic carbocycles. The number of benzene rings is 1. The predicted molar refractivity (Wildman–Crippen MR) is 105 cm³/mol. The number of aromatic nitrogens is 2. The Bertz CT molecular complexity index is 800. The number of nitrogens with zero attached hydrogens (tertiary/aromatic N) is 2. The van der Waals surface area contributed by atoms with Crippen LogP contribution in [0.2, 0.25) is 5.02 Å². The Morgan fingerprint density at radius 2 is 1.88 bits per heavy atom. The van der Waals surface area contributed by atoms with Crippen LogP contribution >= 0.6 is 23.5 Å². The van der Waals surface area contributed by atoms with Gasteiger partial charge < -0.3 is 4.74 Å². The quantitative estimate of drug-likeness (QED) is 0.475. The molecule has 2 heterocycles. The highest BCUT2D eigenvalue weighted by Crippen LogP contribution is 2.34. The van der Waals surface area contributed by atoms with Crippen LogP contribution < -0.4 is 0 Å². The number of hydrogen-bond acceptors (Lipinski definition) is 5. The standard InChI is InChI=1S/C19H22ClN3O2S/c1-12-18(13(2)22-21-12)26-23-10-8-15(9-11-23)17(19(24)25-3)14-4-6-16(20)7-5-14/h4-7H,8-11H2,1-3H3,(H,21,22). The van der Waals surface area contributed by atoms with E-state index < -0.39 is 0 Å². The van der Waals surface area contributed by atoms with Crippen molar-refractivity contribution in [3.05, 3.63) is 51.8 Å². The lowest BCUT2D eigenvalue weighted by Gasteiger charge is -2.28. The van der Waals surface area contributed by atoms with E-state index in [-0.39, 0.29) is 5.97 Å². The molecule has 1 N–H and O–H groups in total. The summed E-state index contributed by atoms with van der Waals surface area (Å²) in [6.45, 7) is 5.79. The second-order valence-electron chi connectivity index (χ2n) is 6.26. The zero-order valence-electron chi connectivity index (χ0n) is 15.1. The number of aromatic amines is 1. The van der Waals surface area contributed by atoms with Gasteiger partial charge in [0.25, 0.3) is 0 Å². The van der Waals surface area contributed by atoms with E-state index >= 15 is 0 Å². The maximum atomic E-state index is 12.4. The normalized spacial score (nSPS) is 15.2. The summed E-state index contributed by atoms with van der Waals surface area (Å²) in [5, 5.41) is 7.93. The van der Waals surface area contributed by atoms with Gasteiger partial charge in [0.1, 0.15) is 0 Å². The van der Waals surface area contributed by atoms with E-state index in [4.69, 9.17) is 16.3 Å². The molecular weight excluding hydrogens is 370 g/mol. The zero-order valence-corrected chi connectivity index (χ0v) is 16.7. The lowest BCUT2D eigenvalue weighted by atomic mass is 9.94. The molecule has 26 heavy (non-hydrogen) atoms. The molecule has 3 rings (SSSR count). The number of nitrogens with one attached hydrogen (secondary N) is 1. The van der Waals surface area contributed by atoms with Gasteiger partial charge in [0.05, 0.1) is 23.3 Å². The fourth-order valence-electron chi connectivity index (χ4n) is 3.09. The van der Waals surface area contributed by atoms with Gasteiger partial charge in [0.2, 0.25) is 0 Å². The molecule has 0 unspecified atom stereocenters. The summed E-state index contributed by atoms with van der Waals surface area (Å²) in [6, 6.07) is 7.35. The molecule has 0 radical (unpaired) electrons. The van der Waals surface area contributed by atoms with E-state index in [1.54, 1.807) is 24.1 Å². The van der Waals surface area contributed by atoms with Crippen molar-refractivity contribution in [2.24, 2.45) is 0 Å². The molecule has 0 amide bonds. The highest BCUT2D eigenvalue weighted by atomic mass is 35.5. The third-order valence-electron chi connectivity index (χ3n) is 4.48. The number of carbonyl (C=O) groups is 1. The summed E-state index contributed by atoms with van der Waals surface area (Å²) >= 11 is 7.71. The number of piperidine rings is 1. The van der Waals surface area contributed by atoms with Crippen molar-refractivity contribution >= 4 is 35.1 Å². The average Bonchev–Trinajstić information content (AvgIpc) is 2.96. The smallest absolute Gasteiger partial charge is 0.338 e. The van der Waals surface area contributed by atoms with Gasteiger partial charge in [-0.25, -0.2) is 9.10 Å². The largest absolute Gasteiger partial charge is 0.465 e. The molecule has 1 aliphatic rings. The minimum atomic E-state index is -0.287. The van der Waals surface area contributed by atoms with Crippen LogP contribution in [0.4, 0.5) is 0 Å². The Hall–Kier alpha value is -1.76. The molecule has 0 saturated carbocycles. The van der Waals surface area contributed by atoms with Crippen LogP contribution in [0.15, 0.2) is 34.7 Å². The molecule has 1 fully saturated rings. The molecule has 1 aliphatic heterocycles. The van der Waals surface area contributed by atoms with E-state index in [1.807, 2.05) is 26.0 Å². The van der Waals surface area contributed by atoms with Crippen molar-refractivity contribution in [2.75, 3.05) is 20.2 Å². The Balaban J connectivity index is 1.78. The van der Waals surface area contributed by atoms with E-state index in [1.165, 1.54) is 12.0 Å². The zero-order chi connectivity index (χ0) is 18.7. The van der Waals surface area contributed by atoms with E-state index in [2.05, 4.69) is 14.5 Å². The molecule has 138 valence electrons. The molecule has 1 saturated heterocycles. The summed E-state index contributed by atoms with van der Waals surface area (Å²) in [5.41, 5.74) is 4.77. The molecule has 0 atom stereocenters. The molecule has 1 aromatic heterocycles. The van der Waals surface area contributed by atoms with Crippen molar-refractivity contribution in [1.29, 1.82) is 0 Å². The van der Waals surface area contributed by atoms with Gasteiger partial charge >= 0.3 is 5.97 Å². The average molecular weight is 392 g/mol. The summed E-state index contributed by atoms with van der Waals surface area (Å²) in [5.74, 6) is -0.287. The summed E-state index contributed by atoms with van der Waals surface area (Å²) in [7, 11) is 1.42. The number of carbonyl (C=O) groups excluding carboxylic acids is 1. The molecule has 0 aliphatic carbocycles. The van der Waals surface area contributed by atoms with Gasteiger partial charge in [-0.3, -0.25) is 5.10 Å². The Morgan fingerprint density at radius 1 is 1.23 bits per heavy atom. The second kappa shape index (κ2) is 8.29. The number of H-pyrrole nitrogens is 1. The lowest BCUT2D eigenvalue weighted by Crippen LogP contribution is -2.26. The highest BCUT2D eigenvalue weighted by Gasteiger charge is 2.24. The third-order valence-corrected chi connectivity index (χ3v) is 6.14. The molecule has 0 bridgehead atoms. The minimum Gasteiger partial charge on any atom is -0.465 e. The van der Waals surface area contributed by atoms with Crippen molar-refractivity contribution in [2.45, 2.75) is 31.6 Å². The van der Waals surface area contributed by atoms with E-state index in [0.29, 0.717) is 10.6 Å². The third kappa shape index (κ3) is 4.14. The number of hydrogen-bond donors (Lipinski definition) is 1. The van der Waals surface area contributed by atoms with Gasteiger partial charge in [0, 0.05) is 23.8 Å². The van der Waals surface area contributed by atoms with Crippen LogP contribution in [0, 0.1) is 13.8 Å². The van der Waals surface area contributed by atoms with Crippen LogP contribution in [0.1, 0.15) is 29.8 Å². The van der Waals surface area contributed by atoms with Gasteiger partial charge in [-0.15, -0.1) is 0 Å². The van der Waals surface area contributed by atoms with Gasteiger partial charge in [-0.2, -0.15) is 5.10 Å². The first-order valence-electron chi connectivity index (χ1n) is 8.50. The fraction of sp³-hybridized carbons (Fsp3) is 0.368. The van der Waals surface area contributed by atoms with Crippen molar-refractivity contribution in [1.82, 2.24) is 14.5 Å².